The zero-order valence-corrected chi connectivity index (χ0v) is 12.8. The van der Waals surface area contributed by atoms with Crippen molar-refractivity contribution in [3.05, 3.63) is 60.2 Å². The number of hydrogen-bond donors (Lipinski definition) is 1. The number of ether oxygens (including phenoxy) is 1. The standard InChI is InChI=1S/C18H24N2O/c1-20(16-10-12-17(21-2)13-11-16)14-6-9-18(19)15-7-4-3-5-8-15/h3-5,7-8,10-13,18H,6,9,14,19H2,1-2H3. The van der Waals surface area contributed by atoms with Crippen LogP contribution in [0.5, 0.6) is 5.75 Å². The Hall–Kier alpha value is -2.00. The lowest BCUT2D eigenvalue weighted by atomic mass is 10.0. The second-order valence-corrected chi connectivity index (χ2v) is 5.28. The van der Waals surface area contributed by atoms with E-state index < -0.39 is 0 Å². The number of anilines is 1. The molecule has 2 aromatic rings. The molecule has 0 aliphatic heterocycles. The molecule has 2 rings (SSSR count). The summed E-state index contributed by atoms with van der Waals surface area (Å²) in [6, 6.07) is 18.5. The van der Waals surface area contributed by atoms with E-state index >= 15 is 0 Å². The summed E-state index contributed by atoms with van der Waals surface area (Å²) >= 11 is 0. The monoisotopic (exact) mass is 284 g/mol. The third kappa shape index (κ3) is 4.50. The lowest BCUT2D eigenvalue weighted by Gasteiger charge is -2.20. The van der Waals surface area contributed by atoms with Gasteiger partial charge in [-0.05, 0) is 42.7 Å². The molecule has 0 saturated heterocycles. The topological polar surface area (TPSA) is 38.5 Å². The van der Waals surface area contributed by atoms with E-state index in [0.717, 1.165) is 25.1 Å². The highest BCUT2D eigenvalue weighted by atomic mass is 16.5. The molecule has 3 heteroatoms. The van der Waals surface area contributed by atoms with E-state index in [4.69, 9.17) is 10.5 Å². The summed E-state index contributed by atoms with van der Waals surface area (Å²) < 4.78 is 5.18. The first-order valence-electron chi connectivity index (χ1n) is 7.36. The van der Waals surface area contributed by atoms with Gasteiger partial charge in [0.15, 0.2) is 0 Å². The summed E-state index contributed by atoms with van der Waals surface area (Å²) in [6.45, 7) is 0.993. The molecule has 0 saturated carbocycles. The number of nitrogens with zero attached hydrogens (tertiary/aromatic N) is 1. The Bertz CT molecular complexity index is 525. The Labute approximate surface area is 127 Å². The Kier molecular flexibility index (Phi) is 5.64. The van der Waals surface area contributed by atoms with Gasteiger partial charge < -0.3 is 15.4 Å². The zero-order valence-electron chi connectivity index (χ0n) is 12.8. The molecule has 0 heterocycles. The molecular weight excluding hydrogens is 260 g/mol. The smallest absolute Gasteiger partial charge is 0.119 e. The predicted octanol–water partition coefficient (Wildman–Crippen LogP) is 3.61. The van der Waals surface area contributed by atoms with E-state index in [9.17, 15) is 0 Å². The van der Waals surface area contributed by atoms with E-state index in [0.29, 0.717) is 0 Å². The summed E-state index contributed by atoms with van der Waals surface area (Å²) in [5, 5.41) is 0. The Morgan fingerprint density at radius 1 is 1.05 bits per heavy atom. The van der Waals surface area contributed by atoms with Gasteiger partial charge >= 0.3 is 0 Å². The van der Waals surface area contributed by atoms with Crippen molar-refractivity contribution in [3.63, 3.8) is 0 Å². The largest absolute Gasteiger partial charge is 0.497 e. The van der Waals surface area contributed by atoms with Gasteiger partial charge in [-0.2, -0.15) is 0 Å². The van der Waals surface area contributed by atoms with Crippen LogP contribution in [0.1, 0.15) is 24.4 Å². The molecule has 3 nitrogen and oxygen atoms in total. The molecule has 1 unspecified atom stereocenters. The molecule has 0 aliphatic rings. The molecule has 0 amide bonds. The van der Waals surface area contributed by atoms with E-state index in [-0.39, 0.29) is 6.04 Å². The molecule has 2 N–H and O–H groups in total. The van der Waals surface area contributed by atoms with Crippen LogP contribution in [0.3, 0.4) is 0 Å². The van der Waals surface area contributed by atoms with Crippen molar-refractivity contribution in [2.45, 2.75) is 18.9 Å². The first-order valence-corrected chi connectivity index (χ1v) is 7.36. The minimum Gasteiger partial charge on any atom is -0.497 e. The predicted molar refractivity (Wildman–Crippen MR) is 88.9 cm³/mol. The summed E-state index contributed by atoms with van der Waals surface area (Å²) in [6.07, 6.45) is 2.06. The van der Waals surface area contributed by atoms with Gasteiger partial charge in [-0.3, -0.25) is 0 Å². The second kappa shape index (κ2) is 7.70. The average Bonchev–Trinajstić information content (AvgIpc) is 2.55. The van der Waals surface area contributed by atoms with Crippen molar-refractivity contribution < 1.29 is 4.74 Å². The minimum atomic E-state index is 0.121. The molecule has 112 valence electrons. The van der Waals surface area contributed by atoms with Crippen LogP contribution >= 0.6 is 0 Å². The summed E-state index contributed by atoms with van der Waals surface area (Å²) in [5.74, 6) is 0.887. The van der Waals surface area contributed by atoms with E-state index in [1.807, 2.05) is 30.3 Å². The van der Waals surface area contributed by atoms with Crippen LogP contribution in [0.2, 0.25) is 0 Å². The van der Waals surface area contributed by atoms with Gasteiger partial charge in [0.25, 0.3) is 0 Å². The van der Waals surface area contributed by atoms with Crippen molar-refractivity contribution in [2.75, 3.05) is 25.6 Å². The normalized spacial score (nSPS) is 12.0. The van der Waals surface area contributed by atoms with E-state index in [1.54, 1.807) is 7.11 Å². The van der Waals surface area contributed by atoms with Crippen LogP contribution in [0.25, 0.3) is 0 Å². The quantitative estimate of drug-likeness (QED) is 0.844. The maximum Gasteiger partial charge on any atom is 0.119 e. The number of hydrogen-bond acceptors (Lipinski definition) is 3. The molecule has 0 radical (unpaired) electrons. The molecule has 2 aromatic carbocycles. The molecule has 0 fully saturated rings. The van der Waals surface area contributed by atoms with Gasteiger partial charge in [0, 0.05) is 25.3 Å². The SMILES string of the molecule is COc1ccc(N(C)CCCC(N)c2ccccc2)cc1. The third-order valence-electron chi connectivity index (χ3n) is 3.75. The highest BCUT2D eigenvalue weighted by Gasteiger charge is 2.06. The summed E-state index contributed by atoms with van der Waals surface area (Å²) in [4.78, 5) is 2.25. The Morgan fingerprint density at radius 3 is 2.33 bits per heavy atom. The van der Waals surface area contributed by atoms with Crippen LogP contribution in [-0.2, 0) is 0 Å². The van der Waals surface area contributed by atoms with Crippen LogP contribution in [-0.4, -0.2) is 20.7 Å². The lowest BCUT2D eigenvalue weighted by Crippen LogP contribution is -2.20. The van der Waals surface area contributed by atoms with Crippen LogP contribution in [0.4, 0.5) is 5.69 Å². The molecular formula is C18H24N2O. The van der Waals surface area contributed by atoms with Gasteiger partial charge in [-0.25, -0.2) is 0 Å². The van der Waals surface area contributed by atoms with Crippen LogP contribution in [0.15, 0.2) is 54.6 Å². The lowest BCUT2D eigenvalue weighted by molar-refractivity contribution is 0.415. The Balaban J connectivity index is 1.79. The number of methoxy groups -OCH3 is 1. The second-order valence-electron chi connectivity index (χ2n) is 5.28. The number of rotatable bonds is 7. The highest BCUT2D eigenvalue weighted by Crippen LogP contribution is 2.20. The molecule has 0 aliphatic carbocycles. The van der Waals surface area contributed by atoms with Crippen molar-refractivity contribution >= 4 is 5.69 Å². The van der Waals surface area contributed by atoms with Gasteiger partial charge in [-0.1, -0.05) is 30.3 Å². The van der Waals surface area contributed by atoms with Gasteiger partial charge in [0.2, 0.25) is 0 Å². The third-order valence-corrected chi connectivity index (χ3v) is 3.75. The van der Waals surface area contributed by atoms with E-state index in [1.165, 1.54) is 11.3 Å². The van der Waals surface area contributed by atoms with Crippen LogP contribution < -0.4 is 15.4 Å². The minimum absolute atomic E-state index is 0.121. The molecule has 0 spiro atoms. The van der Waals surface area contributed by atoms with Gasteiger partial charge in [-0.15, -0.1) is 0 Å². The highest BCUT2D eigenvalue weighted by molar-refractivity contribution is 5.48. The maximum atomic E-state index is 6.22. The van der Waals surface area contributed by atoms with Crippen molar-refractivity contribution in [1.29, 1.82) is 0 Å². The fourth-order valence-corrected chi connectivity index (χ4v) is 2.38. The van der Waals surface area contributed by atoms with Crippen molar-refractivity contribution in [3.8, 4) is 5.75 Å². The first-order chi connectivity index (χ1) is 10.2. The summed E-state index contributed by atoms with van der Waals surface area (Å²) in [7, 11) is 3.79. The maximum absolute atomic E-state index is 6.22. The van der Waals surface area contributed by atoms with E-state index in [2.05, 4.69) is 36.2 Å². The molecule has 21 heavy (non-hydrogen) atoms. The zero-order chi connectivity index (χ0) is 15.1. The van der Waals surface area contributed by atoms with Crippen molar-refractivity contribution in [1.82, 2.24) is 0 Å². The molecule has 1 atom stereocenters. The van der Waals surface area contributed by atoms with Crippen LogP contribution in [0, 0.1) is 0 Å². The van der Waals surface area contributed by atoms with Gasteiger partial charge in [0.1, 0.15) is 5.75 Å². The first kappa shape index (κ1) is 15.4. The Morgan fingerprint density at radius 2 is 1.71 bits per heavy atom. The number of benzene rings is 2. The van der Waals surface area contributed by atoms with Crippen molar-refractivity contribution in [2.24, 2.45) is 5.73 Å². The fourth-order valence-electron chi connectivity index (χ4n) is 2.38. The molecule has 0 bridgehead atoms. The average molecular weight is 284 g/mol. The number of nitrogens with two attached hydrogens (primary N) is 1. The fraction of sp³-hybridized carbons (Fsp3) is 0.333. The molecule has 0 aromatic heterocycles. The summed E-state index contributed by atoms with van der Waals surface area (Å²) in [5.41, 5.74) is 8.63. The van der Waals surface area contributed by atoms with Gasteiger partial charge in [0.05, 0.1) is 7.11 Å².